The third-order valence-electron chi connectivity index (χ3n) is 4.44. The number of benzene rings is 1. The van der Waals surface area contributed by atoms with Crippen molar-refractivity contribution < 1.29 is 4.42 Å². The quantitative estimate of drug-likeness (QED) is 0.439. The zero-order valence-corrected chi connectivity index (χ0v) is 15.7. The van der Waals surface area contributed by atoms with Gasteiger partial charge in [0.25, 0.3) is 0 Å². The minimum Gasteiger partial charge on any atom is -0.454 e. The molecule has 1 aromatic carbocycles. The molecule has 132 valence electrons. The van der Waals surface area contributed by atoms with Gasteiger partial charge >= 0.3 is 0 Å². The van der Waals surface area contributed by atoms with E-state index in [1.807, 2.05) is 30.3 Å². The molecule has 26 heavy (non-hydrogen) atoms. The van der Waals surface area contributed by atoms with E-state index in [0.29, 0.717) is 6.04 Å². The van der Waals surface area contributed by atoms with Crippen molar-refractivity contribution in [1.29, 1.82) is 0 Å². The Bertz CT molecular complexity index is 1040. The zero-order valence-electron chi connectivity index (χ0n) is 14.9. The normalized spacial score (nSPS) is 13.4. The van der Waals surface area contributed by atoms with Crippen LogP contribution < -0.4 is 4.80 Å². The van der Waals surface area contributed by atoms with Gasteiger partial charge in [-0.2, -0.15) is 0 Å². The first-order valence-electron chi connectivity index (χ1n) is 8.90. The highest BCUT2D eigenvalue weighted by molar-refractivity contribution is 7.07. The van der Waals surface area contributed by atoms with E-state index in [-0.39, 0.29) is 0 Å². The lowest BCUT2D eigenvalue weighted by molar-refractivity contribution is 0.488. The molecule has 0 radical (unpaired) electrons. The standard InChI is InChI=1S/C21H21N3OS/c1-3-7-15(2)24-18(20-12-16-8-4-5-10-19(16)25-20)14-26-21(24)23-17-9-6-11-22-13-17/h4-6,8-15H,3,7H2,1-2H3. The summed E-state index contributed by atoms with van der Waals surface area (Å²) >= 11 is 1.64. The monoisotopic (exact) mass is 363 g/mol. The van der Waals surface area contributed by atoms with Gasteiger partial charge in [-0.1, -0.05) is 31.5 Å². The first-order valence-corrected chi connectivity index (χ1v) is 9.78. The van der Waals surface area contributed by atoms with Crippen LogP contribution in [0.4, 0.5) is 5.69 Å². The summed E-state index contributed by atoms with van der Waals surface area (Å²) in [4.78, 5) is 9.96. The lowest BCUT2D eigenvalue weighted by Gasteiger charge is -2.15. The third-order valence-corrected chi connectivity index (χ3v) is 5.28. The van der Waals surface area contributed by atoms with E-state index < -0.39 is 0 Å². The van der Waals surface area contributed by atoms with Crippen molar-refractivity contribution in [2.75, 3.05) is 0 Å². The number of hydrogen-bond acceptors (Lipinski definition) is 4. The number of rotatable bonds is 5. The van der Waals surface area contributed by atoms with Gasteiger partial charge in [0.1, 0.15) is 5.58 Å². The molecule has 0 saturated carbocycles. The fraction of sp³-hybridized carbons (Fsp3) is 0.238. The van der Waals surface area contributed by atoms with Crippen LogP contribution in [0.1, 0.15) is 32.7 Å². The Morgan fingerprint density at radius 2 is 2.12 bits per heavy atom. The summed E-state index contributed by atoms with van der Waals surface area (Å²) < 4.78 is 8.41. The van der Waals surface area contributed by atoms with Crippen molar-refractivity contribution in [3.05, 3.63) is 65.0 Å². The summed E-state index contributed by atoms with van der Waals surface area (Å²) in [5, 5.41) is 3.26. The minimum absolute atomic E-state index is 0.338. The van der Waals surface area contributed by atoms with E-state index in [1.165, 1.54) is 0 Å². The Morgan fingerprint density at radius 1 is 1.23 bits per heavy atom. The topological polar surface area (TPSA) is 43.3 Å². The van der Waals surface area contributed by atoms with Crippen molar-refractivity contribution in [1.82, 2.24) is 9.55 Å². The Balaban J connectivity index is 1.88. The van der Waals surface area contributed by atoms with Crippen LogP contribution in [-0.2, 0) is 0 Å². The number of thiazole rings is 1. The van der Waals surface area contributed by atoms with Crippen LogP contribution in [0, 0.1) is 0 Å². The summed E-state index contributed by atoms with van der Waals surface area (Å²) in [6.45, 7) is 4.45. The van der Waals surface area contributed by atoms with Crippen molar-refractivity contribution >= 4 is 28.0 Å². The van der Waals surface area contributed by atoms with Gasteiger partial charge in [0.2, 0.25) is 0 Å². The fourth-order valence-corrected chi connectivity index (χ4v) is 4.19. The fourth-order valence-electron chi connectivity index (χ4n) is 3.19. The highest BCUT2D eigenvalue weighted by Crippen LogP contribution is 2.30. The first kappa shape index (κ1) is 16.8. The summed E-state index contributed by atoms with van der Waals surface area (Å²) in [6.07, 6.45) is 5.76. The Kier molecular flexibility index (Phi) is 4.71. The maximum absolute atomic E-state index is 6.12. The van der Waals surface area contributed by atoms with Crippen LogP contribution >= 0.6 is 11.3 Å². The van der Waals surface area contributed by atoms with Crippen LogP contribution in [0.25, 0.3) is 22.4 Å². The van der Waals surface area contributed by atoms with Crippen molar-refractivity contribution in [3.8, 4) is 11.5 Å². The average molecular weight is 363 g/mol. The van der Waals surface area contributed by atoms with Crippen molar-refractivity contribution in [2.45, 2.75) is 32.7 Å². The number of para-hydroxylation sites is 1. The van der Waals surface area contributed by atoms with Gasteiger partial charge in [-0.15, -0.1) is 11.3 Å². The second-order valence-corrected chi connectivity index (χ2v) is 7.22. The Labute approximate surface area is 156 Å². The molecule has 0 aliphatic rings. The first-order chi connectivity index (χ1) is 12.8. The van der Waals surface area contributed by atoms with Crippen molar-refractivity contribution in [2.24, 2.45) is 4.99 Å². The van der Waals surface area contributed by atoms with E-state index in [0.717, 1.165) is 45.8 Å². The van der Waals surface area contributed by atoms with Gasteiger partial charge in [-0.25, -0.2) is 4.99 Å². The molecule has 0 aliphatic carbocycles. The molecule has 3 heterocycles. The lowest BCUT2D eigenvalue weighted by atomic mass is 10.2. The molecule has 0 saturated heterocycles. The van der Waals surface area contributed by atoms with Gasteiger partial charge < -0.3 is 8.98 Å². The molecule has 0 N–H and O–H groups in total. The molecule has 0 amide bonds. The molecule has 4 nitrogen and oxygen atoms in total. The Hall–Kier alpha value is -2.66. The van der Waals surface area contributed by atoms with Crippen molar-refractivity contribution in [3.63, 3.8) is 0 Å². The molecule has 0 fully saturated rings. The van der Waals surface area contributed by atoms with Gasteiger partial charge in [-0.05, 0) is 37.6 Å². The molecule has 0 aliphatic heterocycles. The second-order valence-electron chi connectivity index (χ2n) is 6.38. The number of fused-ring (bicyclic) bond motifs is 1. The average Bonchev–Trinajstić information content (AvgIpc) is 3.26. The van der Waals surface area contributed by atoms with E-state index in [4.69, 9.17) is 9.41 Å². The minimum atomic E-state index is 0.338. The maximum Gasteiger partial charge on any atom is 0.190 e. The molecule has 1 unspecified atom stereocenters. The second kappa shape index (κ2) is 7.30. The van der Waals surface area contributed by atoms with Gasteiger partial charge in [0.15, 0.2) is 10.6 Å². The third kappa shape index (κ3) is 3.22. The maximum atomic E-state index is 6.12. The zero-order chi connectivity index (χ0) is 17.9. The van der Waals surface area contributed by atoms with E-state index in [9.17, 15) is 0 Å². The van der Waals surface area contributed by atoms with Crippen LogP contribution in [-0.4, -0.2) is 9.55 Å². The number of aromatic nitrogens is 2. The Morgan fingerprint density at radius 3 is 2.88 bits per heavy atom. The SMILES string of the molecule is CCCC(C)n1c(-c2cc3ccccc3o2)csc1=Nc1cccnc1. The highest BCUT2D eigenvalue weighted by Gasteiger charge is 2.16. The summed E-state index contributed by atoms with van der Waals surface area (Å²) in [6, 6.07) is 14.5. The number of nitrogens with zero attached hydrogens (tertiary/aromatic N) is 3. The molecular weight excluding hydrogens is 342 g/mol. The number of furan rings is 1. The predicted octanol–water partition coefficient (Wildman–Crippen LogP) is 5.95. The van der Waals surface area contributed by atoms with Gasteiger partial charge in [0.05, 0.1) is 17.6 Å². The summed E-state index contributed by atoms with van der Waals surface area (Å²) in [5.41, 5.74) is 2.85. The van der Waals surface area contributed by atoms with Crippen LogP contribution in [0.3, 0.4) is 0 Å². The largest absolute Gasteiger partial charge is 0.454 e. The molecule has 5 heteroatoms. The molecule has 1 atom stereocenters. The molecule has 4 rings (SSSR count). The number of hydrogen-bond donors (Lipinski definition) is 0. The van der Waals surface area contributed by atoms with E-state index in [1.54, 1.807) is 23.7 Å². The van der Waals surface area contributed by atoms with Crippen LogP contribution in [0.5, 0.6) is 0 Å². The van der Waals surface area contributed by atoms with Crippen LogP contribution in [0.2, 0.25) is 0 Å². The lowest BCUT2D eigenvalue weighted by Crippen LogP contribution is -2.19. The molecule has 3 aromatic heterocycles. The summed E-state index contributed by atoms with van der Waals surface area (Å²) in [7, 11) is 0. The molecule has 0 spiro atoms. The smallest absolute Gasteiger partial charge is 0.190 e. The predicted molar refractivity (Wildman–Crippen MR) is 107 cm³/mol. The van der Waals surface area contributed by atoms with E-state index in [2.05, 4.69) is 40.9 Å². The van der Waals surface area contributed by atoms with Gasteiger partial charge in [-0.3, -0.25) is 4.98 Å². The summed E-state index contributed by atoms with van der Waals surface area (Å²) in [5.74, 6) is 0.887. The number of pyridine rings is 1. The molecule has 4 aromatic rings. The van der Waals surface area contributed by atoms with E-state index >= 15 is 0 Å². The molecule has 0 bridgehead atoms. The van der Waals surface area contributed by atoms with Gasteiger partial charge in [0, 0.05) is 23.0 Å². The molecular formula is C21H21N3OS. The van der Waals surface area contributed by atoms with Crippen LogP contribution in [0.15, 0.2) is 69.6 Å². The highest BCUT2D eigenvalue weighted by atomic mass is 32.1.